The van der Waals surface area contributed by atoms with E-state index in [2.05, 4.69) is 10.3 Å². The van der Waals surface area contributed by atoms with Gasteiger partial charge in [-0.05, 0) is 42.8 Å². The van der Waals surface area contributed by atoms with Crippen LogP contribution in [-0.2, 0) is 21.4 Å². The van der Waals surface area contributed by atoms with Crippen LogP contribution in [0.1, 0.15) is 19.0 Å². The van der Waals surface area contributed by atoms with Gasteiger partial charge in [-0.25, -0.2) is 12.8 Å². The van der Waals surface area contributed by atoms with Gasteiger partial charge in [0.25, 0.3) is 0 Å². The van der Waals surface area contributed by atoms with Gasteiger partial charge in [0.15, 0.2) is 0 Å². The number of amides is 1. The summed E-state index contributed by atoms with van der Waals surface area (Å²) < 4.78 is 38.6. The average Bonchev–Trinajstić information content (AvgIpc) is 2.58. The first-order chi connectivity index (χ1) is 11.8. The molecule has 1 atom stereocenters. The molecule has 134 valence electrons. The molecule has 0 aliphatic carbocycles. The first-order valence-corrected chi connectivity index (χ1v) is 9.60. The summed E-state index contributed by atoms with van der Waals surface area (Å²) in [6.07, 6.45) is 2.89. The molecule has 0 spiro atoms. The second-order valence-electron chi connectivity index (χ2n) is 5.50. The number of carbonyl (C=O) groups is 1. The van der Waals surface area contributed by atoms with E-state index in [1.165, 1.54) is 12.1 Å². The van der Waals surface area contributed by atoms with Crippen LogP contribution in [0.25, 0.3) is 0 Å². The van der Waals surface area contributed by atoms with Crippen LogP contribution in [0.5, 0.6) is 0 Å². The van der Waals surface area contributed by atoms with Crippen molar-refractivity contribution in [2.24, 2.45) is 0 Å². The minimum atomic E-state index is -3.74. The highest BCUT2D eigenvalue weighted by molar-refractivity contribution is 7.92. The summed E-state index contributed by atoms with van der Waals surface area (Å²) in [6.45, 7) is 1.91. The number of hydrogen-bond donors (Lipinski definition) is 1. The maximum absolute atomic E-state index is 13.1. The molecule has 0 saturated heterocycles. The van der Waals surface area contributed by atoms with Crippen molar-refractivity contribution in [3.63, 3.8) is 0 Å². The summed E-state index contributed by atoms with van der Waals surface area (Å²) in [7, 11) is -3.74. The molecule has 0 aliphatic heterocycles. The van der Waals surface area contributed by atoms with E-state index < -0.39 is 27.8 Å². The minimum Gasteiger partial charge on any atom is -0.349 e. The van der Waals surface area contributed by atoms with E-state index in [1.54, 1.807) is 31.3 Å². The Balaban J connectivity index is 2.23. The molecular weight excluding hydrogens is 345 g/mol. The molecule has 0 aliphatic rings. The fraction of sp³-hybridized carbons (Fsp3) is 0.294. The Hall–Kier alpha value is -2.48. The Morgan fingerprint density at radius 1 is 1.24 bits per heavy atom. The summed E-state index contributed by atoms with van der Waals surface area (Å²) >= 11 is 0. The molecule has 1 heterocycles. The van der Waals surface area contributed by atoms with Crippen molar-refractivity contribution in [3.05, 3.63) is 60.2 Å². The number of carbonyl (C=O) groups excluding carboxylic acids is 1. The molecule has 1 N–H and O–H groups in total. The summed E-state index contributed by atoms with van der Waals surface area (Å²) in [5.74, 6) is -0.923. The zero-order chi connectivity index (χ0) is 18.4. The maximum atomic E-state index is 13.1. The second-order valence-corrected chi connectivity index (χ2v) is 7.36. The van der Waals surface area contributed by atoms with Gasteiger partial charge in [0.1, 0.15) is 11.9 Å². The number of rotatable bonds is 7. The number of aromatic nitrogens is 1. The lowest BCUT2D eigenvalue weighted by Gasteiger charge is -2.30. The van der Waals surface area contributed by atoms with E-state index in [4.69, 9.17) is 0 Å². The van der Waals surface area contributed by atoms with Crippen molar-refractivity contribution >= 4 is 21.6 Å². The number of pyridine rings is 1. The van der Waals surface area contributed by atoms with Crippen LogP contribution < -0.4 is 9.62 Å². The first-order valence-electron chi connectivity index (χ1n) is 7.75. The molecule has 0 bridgehead atoms. The van der Waals surface area contributed by atoms with E-state index in [0.717, 1.165) is 22.7 Å². The zero-order valence-corrected chi connectivity index (χ0v) is 14.8. The highest BCUT2D eigenvalue weighted by Gasteiger charge is 2.31. The second kappa shape index (κ2) is 8.06. The van der Waals surface area contributed by atoms with E-state index in [0.29, 0.717) is 5.69 Å². The third kappa shape index (κ3) is 4.99. The third-order valence-electron chi connectivity index (χ3n) is 3.58. The summed E-state index contributed by atoms with van der Waals surface area (Å²) in [5.41, 5.74) is 0.905. The number of nitrogens with one attached hydrogen (secondary N) is 1. The summed E-state index contributed by atoms with van der Waals surface area (Å²) in [4.78, 5) is 16.7. The molecule has 2 rings (SSSR count). The fourth-order valence-electron chi connectivity index (χ4n) is 2.45. The molecule has 8 heteroatoms. The predicted molar refractivity (Wildman–Crippen MR) is 93.9 cm³/mol. The lowest BCUT2D eigenvalue weighted by Crippen LogP contribution is -2.49. The van der Waals surface area contributed by atoms with Crippen molar-refractivity contribution in [3.8, 4) is 0 Å². The van der Waals surface area contributed by atoms with Gasteiger partial charge in [0.2, 0.25) is 15.9 Å². The number of nitrogens with zero attached hydrogens (tertiary/aromatic N) is 2. The number of halogens is 1. The van der Waals surface area contributed by atoms with Crippen molar-refractivity contribution in [2.45, 2.75) is 25.9 Å². The monoisotopic (exact) mass is 365 g/mol. The largest absolute Gasteiger partial charge is 0.349 e. The molecule has 1 unspecified atom stereocenters. The van der Waals surface area contributed by atoms with E-state index in [9.17, 15) is 17.6 Å². The topological polar surface area (TPSA) is 79.4 Å². The van der Waals surface area contributed by atoms with Crippen LogP contribution in [0, 0.1) is 5.82 Å². The maximum Gasteiger partial charge on any atom is 0.244 e. The molecule has 0 fully saturated rings. The SMILES string of the molecule is CCC(C(=O)NCc1ccccn1)N(c1ccc(F)cc1)S(C)(=O)=O. The molecule has 1 amide bonds. The summed E-state index contributed by atoms with van der Waals surface area (Å²) in [5, 5.41) is 2.70. The van der Waals surface area contributed by atoms with Gasteiger partial charge in [-0.3, -0.25) is 14.1 Å². The molecular formula is C17H20FN3O3S. The van der Waals surface area contributed by atoms with Crippen molar-refractivity contribution in [1.29, 1.82) is 0 Å². The normalized spacial score (nSPS) is 12.4. The average molecular weight is 365 g/mol. The Morgan fingerprint density at radius 2 is 1.92 bits per heavy atom. The van der Waals surface area contributed by atoms with Gasteiger partial charge in [-0.15, -0.1) is 0 Å². The predicted octanol–water partition coefficient (Wildman–Crippen LogP) is 2.08. The Morgan fingerprint density at radius 3 is 2.44 bits per heavy atom. The van der Waals surface area contributed by atoms with Crippen molar-refractivity contribution in [2.75, 3.05) is 10.6 Å². The standard InChI is InChI=1S/C17H20FN3O3S/c1-3-16(17(22)20-12-14-6-4-5-11-19-14)21(25(2,23)24)15-9-7-13(18)8-10-15/h4-11,16H,3,12H2,1-2H3,(H,20,22). The lowest BCUT2D eigenvalue weighted by atomic mass is 10.2. The highest BCUT2D eigenvalue weighted by Crippen LogP contribution is 2.22. The van der Waals surface area contributed by atoms with Crippen molar-refractivity contribution < 1.29 is 17.6 Å². The molecule has 6 nitrogen and oxygen atoms in total. The van der Waals surface area contributed by atoms with Crippen LogP contribution >= 0.6 is 0 Å². The van der Waals surface area contributed by atoms with E-state index in [-0.39, 0.29) is 18.7 Å². The molecule has 0 radical (unpaired) electrons. The Labute approximate surface area is 146 Å². The quantitative estimate of drug-likeness (QED) is 0.815. The molecule has 25 heavy (non-hydrogen) atoms. The van der Waals surface area contributed by atoms with E-state index in [1.807, 2.05) is 0 Å². The van der Waals surface area contributed by atoms with Gasteiger partial charge in [-0.1, -0.05) is 13.0 Å². The smallest absolute Gasteiger partial charge is 0.244 e. The van der Waals surface area contributed by atoms with Gasteiger partial charge in [0, 0.05) is 6.20 Å². The molecule has 1 aromatic heterocycles. The van der Waals surface area contributed by atoms with E-state index >= 15 is 0 Å². The van der Waals surface area contributed by atoms with Gasteiger partial charge >= 0.3 is 0 Å². The van der Waals surface area contributed by atoms with Gasteiger partial charge < -0.3 is 5.32 Å². The molecule has 2 aromatic rings. The van der Waals surface area contributed by atoms with Crippen LogP contribution in [0.15, 0.2) is 48.7 Å². The number of anilines is 1. The van der Waals surface area contributed by atoms with Crippen molar-refractivity contribution in [1.82, 2.24) is 10.3 Å². The number of benzene rings is 1. The van der Waals surface area contributed by atoms with Crippen LogP contribution in [0.3, 0.4) is 0 Å². The van der Waals surface area contributed by atoms with Gasteiger partial charge in [0.05, 0.1) is 24.2 Å². The van der Waals surface area contributed by atoms with Crippen LogP contribution in [0.2, 0.25) is 0 Å². The number of sulfonamides is 1. The molecule has 0 saturated carbocycles. The minimum absolute atomic E-state index is 0.192. The molecule has 1 aromatic carbocycles. The number of hydrogen-bond acceptors (Lipinski definition) is 4. The van der Waals surface area contributed by atoms with Gasteiger partial charge in [-0.2, -0.15) is 0 Å². The first kappa shape index (κ1) is 18.9. The van der Waals surface area contributed by atoms with Crippen LogP contribution in [0.4, 0.5) is 10.1 Å². The Kier molecular flexibility index (Phi) is 6.08. The lowest BCUT2D eigenvalue weighted by molar-refractivity contribution is -0.122. The highest BCUT2D eigenvalue weighted by atomic mass is 32.2. The summed E-state index contributed by atoms with van der Waals surface area (Å²) in [6, 6.07) is 9.38. The fourth-order valence-corrected chi connectivity index (χ4v) is 3.66. The van der Waals surface area contributed by atoms with Crippen LogP contribution in [-0.4, -0.2) is 31.6 Å². The Bertz CT molecular complexity index is 811. The zero-order valence-electron chi connectivity index (χ0n) is 14.0. The third-order valence-corrected chi connectivity index (χ3v) is 4.76.